The lowest BCUT2D eigenvalue weighted by Gasteiger charge is -2.31. The minimum Gasteiger partial charge on any atom is -0.352 e. The number of amides is 1. The summed E-state index contributed by atoms with van der Waals surface area (Å²) in [6.45, 7) is 5.98. The molecule has 4 heteroatoms. The Morgan fingerprint density at radius 1 is 1.43 bits per heavy atom. The molecule has 1 aliphatic carbocycles. The maximum absolute atomic E-state index is 11.7. The van der Waals surface area contributed by atoms with E-state index in [1.54, 1.807) is 0 Å². The number of nitrogens with one attached hydrogen (secondary N) is 2. The van der Waals surface area contributed by atoms with Crippen LogP contribution in [-0.2, 0) is 4.79 Å². The zero-order valence-electron chi connectivity index (χ0n) is 8.75. The number of rotatable bonds is 3. The summed E-state index contributed by atoms with van der Waals surface area (Å²) < 4.78 is 0. The Hall–Kier alpha value is -0.610. The van der Waals surface area contributed by atoms with Crippen LogP contribution in [0.25, 0.3) is 0 Å². The first-order valence-electron chi connectivity index (χ1n) is 5.52. The Bertz CT molecular complexity index is 209. The second-order valence-electron chi connectivity index (χ2n) is 4.24. The van der Waals surface area contributed by atoms with Crippen LogP contribution < -0.4 is 10.6 Å². The summed E-state index contributed by atoms with van der Waals surface area (Å²) in [5.41, 5.74) is 0. The molecule has 4 nitrogen and oxygen atoms in total. The molecule has 1 atom stereocenters. The molecule has 0 aromatic carbocycles. The first kappa shape index (κ1) is 9.93. The van der Waals surface area contributed by atoms with Crippen molar-refractivity contribution in [3.8, 4) is 0 Å². The Kier molecular flexibility index (Phi) is 3.03. The molecule has 0 aromatic heterocycles. The van der Waals surface area contributed by atoms with Crippen LogP contribution in [0.4, 0.5) is 0 Å². The molecule has 1 saturated heterocycles. The van der Waals surface area contributed by atoms with E-state index in [2.05, 4.69) is 15.5 Å². The van der Waals surface area contributed by atoms with Gasteiger partial charge in [-0.3, -0.25) is 9.69 Å². The fraction of sp³-hybridized carbons (Fsp3) is 0.900. The molecule has 1 saturated carbocycles. The normalized spacial score (nSPS) is 25.8. The van der Waals surface area contributed by atoms with E-state index in [-0.39, 0.29) is 11.9 Å². The third kappa shape index (κ3) is 2.45. The maximum atomic E-state index is 11.7. The zero-order chi connectivity index (χ0) is 9.97. The molecule has 2 rings (SSSR count). The summed E-state index contributed by atoms with van der Waals surface area (Å²) in [6, 6.07) is 0.519. The smallest absolute Gasteiger partial charge is 0.237 e. The van der Waals surface area contributed by atoms with E-state index < -0.39 is 0 Å². The van der Waals surface area contributed by atoms with Crippen LogP contribution in [0.5, 0.6) is 0 Å². The van der Waals surface area contributed by atoms with Crippen molar-refractivity contribution < 1.29 is 4.79 Å². The third-order valence-corrected chi connectivity index (χ3v) is 3.00. The van der Waals surface area contributed by atoms with E-state index in [9.17, 15) is 4.79 Å². The molecule has 0 aromatic rings. The summed E-state index contributed by atoms with van der Waals surface area (Å²) in [4.78, 5) is 14.0. The fourth-order valence-corrected chi connectivity index (χ4v) is 1.78. The van der Waals surface area contributed by atoms with Crippen molar-refractivity contribution in [2.75, 3.05) is 26.2 Å². The van der Waals surface area contributed by atoms with Crippen LogP contribution in [0.1, 0.15) is 19.8 Å². The Morgan fingerprint density at radius 2 is 2.07 bits per heavy atom. The van der Waals surface area contributed by atoms with E-state index in [0.717, 1.165) is 26.2 Å². The van der Waals surface area contributed by atoms with Gasteiger partial charge in [0.05, 0.1) is 6.04 Å². The summed E-state index contributed by atoms with van der Waals surface area (Å²) in [5.74, 6) is 0.203. The van der Waals surface area contributed by atoms with E-state index in [0.29, 0.717) is 6.04 Å². The molecule has 0 radical (unpaired) electrons. The van der Waals surface area contributed by atoms with Gasteiger partial charge in [0.1, 0.15) is 0 Å². The molecule has 2 N–H and O–H groups in total. The minimum absolute atomic E-state index is 0.0395. The highest BCUT2D eigenvalue weighted by Crippen LogP contribution is 2.19. The third-order valence-electron chi connectivity index (χ3n) is 3.00. The van der Waals surface area contributed by atoms with Crippen LogP contribution in [0.2, 0.25) is 0 Å². The number of carbonyl (C=O) groups excluding carboxylic acids is 1. The molecular weight excluding hydrogens is 178 g/mol. The highest BCUT2D eigenvalue weighted by Gasteiger charge is 2.28. The minimum atomic E-state index is 0.0395. The molecule has 2 fully saturated rings. The average Bonchev–Trinajstić information content (AvgIpc) is 3.02. The maximum Gasteiger partial charge on any atom is 0.237 e. The number of carbonyl (C=O) groups is 1. The highest BCUT2D eigenvalue weighted by molar-refractivity contribution is 5.81. The molecule has 80 valence electrons. The van der Waals surface area contributed by atoms with Gasteiger partial charge in [0.15, 0.2) is 0 Å². The molecule has 0 bridgehead atoms. The molecule has 1 heterocycles. The quantitative estimate of drug-likeness (QED) is 0.644. The number of hydrogen-bond donors (Lipinski definition) is 2. The topological polar surface area (TPSA) is 44.4 Å². The SMILES string of the molecule is C[C@@H](C(=O)NC1CC1)N1CCNCC1. The van der Waals surface area contributed by atoms with E-state index in [1.165, 1.54) is 12.8 Å². The van der Waals surface area contributed by atoms with Crippen molar-refractivity contribution in [1.82, 2.24) is 15.5 Å². The Morgan fingerprint density at radius 3 is 2.64 bits per heavy atom. The molecule has 1 aliphatic heterocycles. The highest BCUT2D eigenvalue weighted by atomic mass is 16.2. The van der Waals surface area contributed by atoms with Crippen molar-refractivity contribution in [2.45, 2.75) is 31.8 Å². The molecule has 2 aliphatic rings. The molecule has 1 amide bonds. The van der Waals surface area contributed by atoms with Crippen LogP contribution in [0.15, 0.2) is 0 Å². The fourth-order valence-electron chi connectivity index (χ4n) is 1.78. The van der Waals surface area contributed by atoms with Gasteiger partial charge in [-0.05, 0) is 19.8 Å². The van der Waals surface area contributed by atoms with Crippen LogP contribution in [-0.4, -0.2) is 49.1 Å². The average molecular weight is 197 g/mol. The first-order valence-corrected chi connectivity index (χ1v) is 5.52. The van der Waals surface area contributed by atoms with E-state index in [1.807, 2.05) is 6.92 Å². The summed E-state index contributed by atoms with van der Waals surface area (Å²) in [6.07, 6.45) is 2.33. The van der Waals surface area contributed by atoms with Crippen molar-refractivity contribution in [2.24, 2.45) is 0 Å². The van der Waals surface area contributed by atoms with E-state index >= 15 is 0 Å². The van der Waals surface area contributed by atoms with Gasteiger partial charge in [-0.15, -0.1) is 0 Å². The van der Waals surface area contributed by atoms with Gasteiger partial charge < -0.3 is 10.6 Å². The molecular formula is C10H19N3O. The standard InChI is InChI=1S/C10H19N3O/c1-8(10(14)12-9-2-3-9)13-6-4-11-5-7-13/h8-9,11H,2-7H2,1H3,(H,12,14)/t8-/m0/s1. The second-order valence-corrected chi connectivity index (χ2v) is 4.24. The van der Waals surface area contributed by atoms with Crippen molar-refractivity contribution in [3.63, 3.8) is 0 Å². The number of piperazine rings is 1. The lowest BCUT2D eigenvalue weighted by Crippen LogP contribution is -2.52. The predicted molar refractivity (Wildman–Crippen MR) is 55.1 cm³/mol. The van der Waals surface area contributed by atoms with Gasteiger partial charge in [0, 0.05) is 32.2 Å². The molecule has 14 heavy (non-hydrogen) atoms. The number of nitrogens with zero attached hydrogens (tertiary/aromatic N) is 1. The Labute approximate surface area is 85.0 Å². The molecule has 0 spiro atoms. The van der Waals surface area contributed by atoms with Crippen molar-refractivity contribution in [1.29, 1.82) is 0 Å². The lowest BCUT2D eigenvalue weighted by atomic mass is 10.2. The monoisotopic (exact) mass is 197 g/mol. The first-order chi connectivity index (χ1) is 6.77. The van der Waals surface area contributed by atoms with Crippen LogP contribution in [0.3, 0.4) is 0 Å². The van der Waals surface area contributed by atoms with Gasteiger partial charge in [0.25, 0.3) is 0 Å². The summed E-state index contributed by atoms with van der Waals surface area (Å²) in [5, 5.41) is 6.34. The summed E-state index contributed by atoms with van der Waals surface area (Å²) >= 11 is 0. The Balaban J connectivity index is 1.78. The van der Waals surface area contributed by atoms with Crippen molar-refractivity contribution in [3.05, 3.63) is 0 Å². The van der Waals surface area contributed by atoms with Crippen molar-refractivity contribution >= 4 is 5.91 Å². The summed E-state index contributed by atoms with van der Waals surface area (Å²) in [7, 11) is 0. The molecule has 0 unspecified atom stereocenters. The van der Waals surface area contributed by atoms with E-state index in [4.69, 9.17) is 0 Å². The van der Waals surface area contributed by atoms with Crippen LogP contribution in [0, 0.1) is 0 Å². The van der Waals surface area contributed by atoms with Gasteiger partial charge in [-0.25, -0.2) is 0 Å². The van der Waals surface area contributed by atoms with Gasteiger partial charge in [-0.2, -0.15) is 0 Å². The predicted octanol–water partition coefficient (Wildman–Crippen LogP) is -0.441. The largest absolute Gasteiger partial charge is 0.352 e. The second kappa shape index (κ2) is 4.28. The number of hydrogen-bond acceptors (Lipinski definition) is 3. The van der Waals surface area contributed by atoms with Gasteiger partial charge in [0.2, 0.25) is 5.91 Å². The zero-order valence-corrected chi connectivity index (χ0v) is 8.75. The van der Waals surface area contributed by atoms with Gasteiger partial charge >= 0.3 is 0 Å². The van der Waals surface area contributed by atoms with Gasteiger partial charge in [-0.1, -0.05) is 0 Å². The van der Waals surface area contributed by atoms with Crippen LogP contribution >= 0.6 is 0 Å². The lowest BCUT2D eigenvalue weighted by molar-refractivity contribution is -0.126.